The maximum absolute atomic E-state index is 11.7. The van der Waals surface area contributed by atoms with E-state index in [1.54, 1.807) is 0 Å². The van der Waals surface area contributed by atoms with Crippen molar-refractivity contribution in [2.24, 2.45) is 0 Å². The minimum absolute atomic E-state index is 0.274. The van der Waals surface area contributed by atoms with Gasteiger partial charge in [-0.25, -0.2) is 13.1 Å². The number of aliphatic hydroxyl groups is 1. The number of rotatable bonds is 6. The lowest BCUT2D eigenvalue weighted by atomic mass is 10.1. The van der Waals surface area contributed by atoms with E-state index < -0.39 is 15.3 Å². The summed E-state index contributed by atoms with van der Waals surface area (Å²) in [5.41, 5.74) is 2.11. The van der Waals surface area contributed by atoms with Crippen LogP contribution in [0.3, 0.4) is 0 Å². The smallest absolute Gasteiger partial charge is 0.216 e. The van der Waals surface area contributed by atoms with Crippen molar-refractivity contribution in [2.45, 2.75) is 32.1 Å². The van der Waals surface area contributed by atoms with E-state index in [4.69, 9.17) is 5.11 Å². The predicted octanol–water partition coefficient (Wildman–Crippen LogP) is 1.05. The standard InChI is InChI=1S/C12H19NO3S/c1-3-11-6-4-5-7-12(11)8-13-17(15,16)10(2)9-14/h4-7,10,13-14H,3,8-9H2,1-2H3. The van der Waals surface area contributed by atoms with Crippen LogP contribution in [0.15, 0.2) is 24.3 Å². The maximum Gasteiger partial charge on any atom is 0.216 e. The molecule has 0 saturated carbocycles. The van der Waals surface area contributed by atoms with E-state index in [9.17, 15) is 8.42 Å². The topological polar surface area (TPSA) is 66.4 Å². The van der Waals surface area contributed by atoms with E-state index in [1.807, 2.05) is 31.2 Å². The Morgan fingerprint density at radius 2 is 1.88 bits per heavy atom. The molecule has 0 aromatic heterocycles. The summed E-state index contributed by atoms with van der Waals surface area (Å²) in [6, 6.07) is 7.72. The number of sulfonamides is 1. The summed E-state index contributed by atoms with van der Waals surface area (Å²) in [6.07, 6.45) is 0.869. The number of hydrogen-bond acceptors (Lipinski definition) is 3. The third-order valence-electron chi connectivity index (χ3n) is 2.75. The SMILES string of the molecule is CCc1ccccc1CNS(=O)(=O)C(C)CO. The van der Waals surface area contributed by atoms with Crippen molar-refractivity contribution in [1.82, 2.24) is 4.72 Å². The second kappa shape index (κ2) is 6.14. The molecule has 0 saturated heterocycles. The highest BCUT2D eigenvalue weighted by Crippen LogP contribution is 2.10. The van der Waals surface area contributed by atoms with E-state index in [0.29, 0.717) is 0 Å². The Balaban J connectivity index is 2.74. The third kappa shape index (κ3) is 3.80. The molecule has 17 heavy (non-hydrogen) atoms. The van der Waals surface area contributed by atoms with Gasteiger partial charge in [0.1, 0.15) is 0 Å². The van der Waals surface area contributed by atoms with Gasteiger partial charge < -0.3 is 5.11 Å². The average Bonchev–Trinajstić information content (AvgIpc) is 2.35. The number of aliphatic hydroxyl groups excluding tert-OH is 1. The minimum atomic E-state index is -3.43. The van der Waals surface area contributed by atoms with Crippen LogP contribution in [0.2, 0.25) is 0 Å². The van der Waals surface area contributed by atoms with Crippen LogP contribution in [0.1, 0.15) is 25.0 Å². The fourth-order valence-corrected chi connectivity index (χ4v) is 2.33. The van der Waals surface area contributed by atoms with Crippen molar-refractivity contribution in [2.75, 3.05) is 6.61 Å². The summed E-state index contributed by atoms with van der Waals surface area (Å²) in [5, 5.41) is 8.07. The summed E-state index contributed by atoms with van der Waals surface area (Å²) in [7, 11) is -3.43. The molecule has 1 rings (SSSR count). The molecule has 1 atom stereocenters. The molecular formula is C12H19NO3S. The Kier molecular flexibility index (Phi) is 5.11. The minimum Gasteiger partial charge on any atom is -0.395 e. The highest BCUT2D eigenvalue weighted by atomic mass is 32.2. The van der Waals surface area contributed by atoms with Crippen molar-refractivity contribution in [1.29, 1.82) is 0 Å². The molecule has 0 aliphatic carbocycles. The van der Waals surface area contributed by atoms with Crippen LogP contribution in [0, 0.1) is 0 Å². The molecule has 1 aromatic carbocycles. The molecule has 0 aliphatic rings. The molecule has 0 bridgehead atoms. The molecule has 0 aliphatic heterocycles. The van der Waals surface area contributed by atoms with E-state index in [1.165, 1.54) is 6.92 Å². The van der Waals surface area contributed by atoms with Crippen LogP contribution in [0.4, 0.5) is 0 Å². The normalized spacial score (nSPS) is 13.6. The summed E-state index contributed by atoms with van der Waals surface area (Å²) < 4.78 is 25.8. The molecule has 0 radical (unpaired) electrons. The predicted molar refractivity (Wildman–Crippen MR) is 68.1 cm³/mol. The summed E-state index contributed by atoms with van der Waals surface area (Å²) in [5.74, 6) is 0. The van der Waals surface area contributed by atoms with Crippen molar-refractivity contribution >= 4 is 10.0 Å². The van der Waals surface area contributed by atoms with E-state index in [0.717, 1.165) is 17.5 Å². The van der Waals surface area contributed by atoms with Crippen LogP contribution in [-0.4, -0.2) is 25.4 Å². The van der Waals surface area contributed by atoms with E-state index in [2.05, 4.69) is 4.72 Å². The second-order valence-electron chi connectivity index (χ2n) is 3.98. The Bertz CT molecular complexity index is 457. The lowest BCUT2D eigenvalue weighted by Crippen LogP contribution is -2.34. The molecule has 96 valence electrons. The van der Waals surface area contributed by atoms with Gasteiger partial charge in [0.15, 0.2) is 0 Å². The van der Waals surface area contributed by atoms with Crippen molar-refractivity contribution in [3.63, 3.8) is 0 Å². The van der Waals surface area contributed by atoms with Crippen molar-refractivity contribution < 1.29 is 13.5 Å². The van der Waals surface area contributed by atoms with Gasteiger partial charge in [-0.1, -0.05) is 31.2 Å². The monoisotopic (exact) mass is 257 g/mol. The van der Waals surface area contributed by atoms with Gasteiger partial charge >= 0.3 is 0 Å². The van der Waals surface area contributed by atoms with E-state index >= 15 is 0 Å². The molecule has 1 aromatic rings. The lowest BCUT2D eigenvalue weighted by molar-refractivity contribution is 0.294. The molecule has 0 heterocycles. The van der Waals surface area contributed by atoms with Gasteiger partial charge in [0.25, 0.3) is 0 Å². The molecular weight excluding hydrogens is 238 g/mol. The quantitative estimate of drug-likeness (QED) is 0.800. The molecule has 4 nitrogen and oxygen atoms in total. The second-order valence-corrected chi connectivity index (χ2v) is 6.17. The number of benzene rings is 1. The summed E-state index contributed by atoms with van der Waals surface area (Å²) in [4.78, 5) is 0. The molecule has 2 N–H and O–H groups in total. The molecule has 5 heteroatoms. The molecule has 0 amide bonds. The van der Waals surface area contributed by atoms with Gasteiger partial charge in [-0.2, -0.15) is 0 Å². The van der Waals surface area contributed by atoms with Crippen LogP contribution in [0.25, 0.3) is 0 Å². The van der Waals surface area contributed by atoms with Crippen LogP contribution >= 0.6 is 0 Å². The van der Waals surface area contributed by atoms with Crippen LogP contribution in [-0.2, 0) is 23.0 Å². The zero-order chi connectivity index (χ0) is 12.9. The van der Waals surface area contributed by atoms with Gasteiger partial charge in [-0.05, 0) is 24.5 Å². The number of hydrogen-bond donors (Lipinski definition) is 2. The largest absolute Gasteiger partial charge is 0.395 e. The number of nitrogens with one attached hydrogen (secondary N) is 1. The van der Waals surface area contributed by atoms with Gasteiger partial charge in [0.2, 0.25) is 10.0 Å². The maximum atomic E-state index is 11.7. The van der Waals surface area contributed by atoms with Crippen LogP contribution < -0.4 is 4.72 Å². The first-order valence-electron chi connectivity index (χ1n) is 5.67. The van der Waals surface area contributed by atoms with Gasteiger partial charge in [0.05, 0.1) is 11.9 Å². The highest BCUT2D eigenvalue weighted by Gasteiger charge is 2.19. The number of aryl methyl sites for hydroxylation is 1. The third-order valence-corrected chi connectivity index (χ3v) is 4.51. The van der Waals surface area contributed by atoms with Crippen LogP contribution in [0.5, 0.6) is 0 Å². The van der Waals surface area contributed by atoms with Crippen molar-refractivity contribution in [3.8, 4) is 0 Å². The summed E-state index contributed by atoms with van der Waals surface area (Å²) >= 11 is 0. The average molecular weight is 257 g/mol. The van der Waals surface area contributed by atoms with Gasteiger partial charge in [0, 0.05) is 6.54 Å². The zero-order valence-electron chi connectivity index (χ0n) is 10.2. The first kappa shape index (κ1) is 14.2. The van der Waals surface area contributed by atoms with E-state index in [-0.39, 0.29) is 13.2 Å². The Morgan fingerprint density at radius 1 is 1.29 bits per heavy atom. The molecule has 0 spiro atoms. The molecule has 0 fully saturated rings. The fraction of sp³-hybridized carbons (Fsp3) is 0.500. The zero-order valence-corrected chi connectivity index (χ0v) is 11.0. The first-order valence-corrected chi connectivity index (χ1v) is 7.22. The van der Waals surface area contributed by atoms with Gasteiger partial charge in [-0.15, -0.1) is 0 Å². The summed E-state index contributed by atoms with van der Waals surface area (Å²) in [6.45, 7) is 3.42. The Morgan fingerprint density at radius 3 is 2.41 bits per heavy atom. The van der Waals surface area contributed by atoms with Gasteiger partial charge in [-0.3, -0.25) is 0 Å². The molecule has 1 unspecified atom stereocenters. The first-order chi connectivity index (χ1) is 8.01. The fourth-order valence-electron chi connectivity index (χ4n) is 1.49. The Labute approximate surface area is 103 Å². The van der Waals surface area contributed by atoms with Crippen molar-refractivity contribution in [3.05, 3.63) is 35.4 Å². The Hall–Kier alpha value is -0.910. The highest BCUT2D eigenvalue weighted by molar-refractivity contribution is 7.90. The lowest BCUT2D eigenvalue weighted by Gasteiger charge is -2.13.